The van der Waals surface area contributed by atoms with Gasteiger partial charge in [0, 0.05) is 31.7 Å². The molecule has 1 fully saturated rings. The number of benzene rings is 1. The third-order valence-corrected chi connectivity index (χ3v) is 4.55. The summed E-state index contributed by atoms with van der Waals surface area (Å²) in [7, 11) is 3.90. The Morgan fingerprint density at radius 2 is 2.07 bits per heavy atom. The first-order valence-corrected chi connectivity index (χ1v) is 9.34. The molecule has 0 saturated heterocycles. The van der Waals surface area contributed by atoms with Crippen LogP contribution in [0.25, 0.3) is 0 Å². The van der Waals surface area contributed by atoms with Crippen LogP contribution < -0.4 is 5.32 Å². The van der Waals surface area contributed by atoms with Crippen molar-refractivity contribution in [1.82, 2.24) is 20.1 Å². The van der Waals surface area contributed by atoms with Crippen molar-refractivity contribution in [3.05, 3.63) is 53.5 Å². The van der Waals surface area contributed by atoms with Crippen LogP contribution in [0, 0.1) is 11.7 Å². The van der Waals surface area contributed by atoms with E-state index in [2.05, 4.69) is 15.2 Å². The molecule has 6 nitrogen and oxygen atoms in total. The lowest BCUT2D eigenvalue weighted by molar-refractivity contribution is 0.0946. The van der Waals surface area contributed by atoms with Gasteiger partial charge < -0.3 is 14.6 Å². The lowest BCUT2D eigenvalue weighted by Gasteiger charge is -2.20. The maximum absolute atomic E-state index is 14.0. The Labute approximate surface area is 159 Å². The van der Waals surface area contributed by atoms with Crippen molar-refractivity contribution in [3.63, 3.8) is 0 Å². The van der Waals surface area contributed by atoms with Gasteiger partial charge in [-0.3, -0.25) is 9.69 Å². The van der Waals surface area contributed by atoms with E-state index in [4.69, 9.17) is 4.42 Å². The maximum atomic E-state index is 14.0. The summed E-state index contributed by atoms with van der Waals surface area (Å²) in [6.07, 6.45) is 3.80. The molecule has 2 aromatic rings. The summed E-state index contributed by atoms with van der Waals surface area (Å²) in [5.74, 6) is 0.687. The first-order valence-electron chi connectivity index (χ1n) is 9.34. The predicted molar refractivity (Wildman–Crippen MR) is 101 cm³/mol. The number of carbonyl (C=O) groups excluding carboxylic acids is 1. The van der Waals surface area contributed by atoms with E-state index < -0.39 is 0 Å². The minimum atomic E-state index is -0.241. The van der Waals surface area contributed by atoms with Gasteiger partial charge in [-0.1, -0.05) is 18.2 Å². The fourth-order valence-electron chi connectivity index (χ4n) is 2.88. The van der Waals surface area contributed by atoms with Gasteiger partial charge in [0.1, 0.15) is 12.1 Å². The van der Waals surface area contributed by atoms with Crippen molar-refractivity contribution in [3.8, 4) is 0 Å². The molecule has 7 heteroatoms. The highest BCUT2D eigenvalue weighted by molar-refractivity contribution is 5.91. The Bertz CT molecular complexity index is 758. The average molecular weight is 374 g/mol. The van der Waals surface area contributed by atoms with E-state index in [0.29, 0.717) is 37.0 Å². The van der Waals surface area contributed by atoms with Gasteiger partial charge in [0.15, 0.2) is 5.69 Å². The van der Waals surface area contributed by atoms with Crippen molar-refractivity contribution in [2.75, 3.05) is 33.7 Å². The summed E-state index contributed by atoms with van der Waals surface area (Å²) >= 11 is 0. The third kappa shape index (κ3) is 6.15. The molecule has 1 aliphatic carbocycles. The maximum Gasteiger partial charge on any atom is 0.273 e. The number of halogens is 1. The Morgan fingerprint density at radius 3 is 2.78 bits per heavy atom. The fraction of sp³-hybridized carbons (Fsp3) is 0.500. The smallest absolute Gasteiger partial charge is 0.273 e. The molecule has 0 unspecified atom stereocenters. The summed E-state index contributed by atoms with van der Waals surface area (Å²) in [5, 5.41) is 2.82. The van der Waals surface area contributed by atoms with Crippen molar-refractivity contribution in [1.29, 1.82) is 0 Å². The molecule has 0 atom stereocenters. The van der Waals surface area contributed by atoms with Crippen LogP contribution in [-0.4, -0.2) is 54.4 Å². The minimum Gasteiger partial charge on any atom is -0.447 e. The first kappa shape index (κ1) is 19.5. The molecule has 146 valence electrons. The monoisotopic (exact) mass is 374 g/mol. The summed E-state index contributed by atoms with van der Waals surface area (Å²) in [6.45, 7) is 3.14. The highest BCUT2D eigenvalue weighted by Gasteiger charge is 2.26. The molecule has 1 aromatic carbocycles. The molecular formula is C20H27FN4O2. The van der Waals surface area contributed by atoms with Crippen LogP contribution in [0.5, 0.6) is 0 Å². The van der Waals surface area contributed by atoms with Crippen LogP contribution in [-0.2, 0) is 13.1 Å². The van der Waals surface area contributed by atoms with E-state index >= 15 is 0 Å². The largest absolute Gasteiger partial charge is 0.447 e. The van der Waals surface area contributed by atoms with Gasteiger partial charge in [-0.05, 0) is 38.9 Å². The van der Waals surface area contributed by atoms with E-state index in [1.807, 2.05) is 25.1 Å². The molecule has 27 heavy (non-hydrogen) atoms. The van der Waals surface area contributed by atoms with Crippen LogP contribution in [0.2, 0.25) is 0 Å². The number of hydrogen-bond donors (Lipinski definition) is 1. The Kier molecular flexibility index (Phi) is 6.58. The fourth-order valence-corrected chi connectivity index (χ4v) is 2.88. The predicted octanol–water partition coefficient (Wildman–Crippen LogP) is 2.52. The normalized spacial score (nSPS) is 14.1. The number of rotatable bonds is 10. The lowest BCUT2D eigenvalue weighted by Crippen LogP contribution is -2.31. The van der Waals surface area contributed by atoms with E-state index in [1.165, 1.54) is 25.2 Å². The number of oxazole rings is 1. The molecule has 1 aromatic heterocycles. The lowest BCUT2D eigenvalue weighted by atomic mass is 10.2. The van der Waals surface area contributed by atoms with Crippen LogP contribution in [0.3, 0.4) is 0 Å². The molecule has 1 N–H and O–H groups in total. The second kappa shape index (κ2) is 9.10. The van der Waals surface area contributed by atoms with Gasteiger partial charge in [-0.15, -0.1) is 0 Å². The van der Waals surface area contributed by atoms with Crippen molar-refractivity contribution >= 4 is 5.91 Å². The molecule has 0 radical (unpaired) electrons. The average Bonchev–Trinajstić information content (AvgIpc) is 3.31. The van der Waals surface area contributed by atoms with Crippen molar-refractivity contribution in [2.24, 2.45) is 5.92 Å². The highest BCUT2D eigenvalue weighted by atomic mass is 19.1. The third-order valence-electron chi connectivity index (χ3n) is 4.55. The van der Waals surface area contributed by atoms with Crippen molar-refractivity contribution < 1.29 is 13.6 Å². The molecule has 0 spiro atoms. The van der Waals surface area contributed by atoms with E-state index in [9.17, 15) is 9.18 Å². The zero-order chi connectivity index (χ0) is 19.2. The highest BCUT2D eigenvalue weighted by Crippen LogP contribution is 2.30. The summed E-state index contributed by atoms with van der Waals surface area (Å²) < 4.78 is 19.5. The molecular weight excluding hydrogens is 347 g/mol. The Balaban J connectivity index is 1.59. The second-order valence-corrected chi connectivity index (χ2v) is 7.39. The number of aromatic nitrogens is 1. The zero-order valence-corrected chi connectivity index (χ0v) is 15.9. The number of nitrogens with zero attached hydrogens (tertiary/aromatic N) is 3. The zero-order valence-electron chi connectivity index (χ0n) is 15.9. The van der Waals surface area contributed by atoms with Gasteiger partial charge >= 0.3 is 0 Å². The van der Waals surface area contributed by atoms with Gasteiger partial charge in [0.25, 0.3) is 5.91 Å². The molecule has 1 aliphatic rings. The van der Waals surface area contributed by atoms with Crippen LogP contribution in [0.15, 0.2) is 34.9 Å². The standard InChI is InChI=1S/C20H27FN4O2/c1-24(2)10-9-22-20(26)18-14-27-19(23-18)13-25(11-15-7-8-15)12-16-5-3-4-6-17(16)21/h3-6,14-15H,7-13H2,1-2H3,(H,22,26). The van der Waals surface area contributed by atoms with Crippen LogP contribution >= 0.6 is 0 Å². The van der Waals surface area contributed by atoms with Gasteiger partial charge in [0.2, 0.25) is 5.89 Å². The molecule has 3 rings (SSSR count). The number of hydrogen-bond acceptors (Lipinski definition) is 5. The second-order valence-electron chi connectivity index (χ2n) is 7.39. The Hall–Kier alpha value is -2.25. The number of amides is 1. The van der Waals surface area contributed by atoms with Gasteiger partial charge in [-0.2, -0.15) is 0 Å². The quantitative estimate of drug-likeness (QED) is 0.692. The summed E-state index contributed by atoms with van der Waals surface area (Å²) in [5.41, 5.74) is 0.937. The summed E-state index contributed by atoms with van der Waals surface area (Å²) in [6, 6.07) is 6.81. The Morgan fingerprint density at radius 1 is 1.30 bits per heavy atom. The molecule has 0 aliphatic heterocycles. The molecule has 1 heterocycles. The minimum absolute atomic E-state index is 0.202. The van der Waals surface area contributed by atoms with E-state index in [1.54, 1.807) is 12.1 Å². The SMILES string of the molecule is CN(C)CCNC(=O)c1coc(CN(Cc2ccccc2F)CC2CC2)n1. The van der Waals surface area contributed by atoms with Crippen LogP contribution in [0.1, 0.15) is 34.8 Å². The van der Waals surface area contributed by atoms with Crippen LogP contribution in [0.4, 0.5) is 4.39 Å². The number of nitrogens with one attached hydrogen (secondary N) is 1. The molecule has 1 saturated carbocycles. The first-order chi connectivity index (χ1) is 13.0. The van der Waals surface area contributed by atoms with E-state index in [0.717, 1.165) is 13.1 Å². The van der Waals surface area contributed by atoms with Crippen molar-refractivity contribution in [2.45, 2.75) is 25.9 Å². The summed E-state index contributed by atoms with van der Waals surface area (Å²) in [4.78, 5) is 20.6. The van der Waals surface area contributed by atoms with E-state index in [-0.39, 0.29) is 17.4 Å². The molecule has 0 bridgehead atoms. The molecule has 1 amide bonds. The van der Waals surface area contributed by atoms with Gasteiger partial charge in [0.05, 0.1) is 6.54 Å². The van der Waals surface area contributed by atoms with Gasteiger partial charge in [-0.25, -0.2) is 9.37 Å². The number of carbonyl (C=O) groups is 1. The topological polar surface area (TPSA) is 61.6 Å². The number of likely N-dealkylation sites (N-methyl/N-ethyl adjacent to an activating group) is 1.